The van der Waals surface area contributed by atoms with Crippen molar-refractivity contribution in [1.29, 1.82) is 0 Å². The summed E-state index contributed by atoms with van der Waals surface area (Å²) in [5, 5.41) is 5.68. The van der Waals surface area contributed by atoms with Crippen LogP contribution in [0.4, 0.5) is 11.4 Å². The maximum atomic E-state index is 12.5. The van der Waals surface area contributed by atoms with E-state index in [0.29, 0.717) is 11.4 Å². The molecule has 0 atom stereocenters. The topological polar surface area (TPSA) is 92.3 Å². The second kappa shape index (κ2) is 9.32. The average Bonchev–Trinajstić information content (AvgIpc) is 2.71. The number of aryl methyl sites for hydroxylation is 1. The van der Waals surface area contributed by atoms with Gasteiger partial charge in [-0.15, -0.1) is 0 Å². The molecule has 3 rings (SSSR count). The molecule has 0 spiro atoms. The molecule has 6 nitrogen and oxygen atoms in total. The minimum Gasteiger partial charge on any atom is -0.326 e. The Kier molecular flexibility index (Phi) is 6.77. The summed E-state index contributed by atoms with van der Waals surface area (Å²) >= 11 is 6.27. The predicted molar refractivity (Wildman–Crippen MR) is 122 cm³/mol. The van der Waals surface area contributed by atoms with Gasteiger partial charge in [-0.25, -0.2) is 8.42 Å². The summed E-state index contributed by atoms with van der Waals surface area (Å²) in [4.78, 5) is 24.9. The van der Waals surface area contributed by atoms with Crippen molar-refractivity contribution in [2.24, 2.45) is 0 Å². The van der Waals surface area contributed by atoms with Crippen molar-refractivity contribution in [2.45, 2.75) is 18.2 Å². The van der Waals surface area contributed by atoms with Crippen LogP contribution in [0, 0.1) is 6.92 Å². The molecule has 0 saturated carbocycles. The van der Waals surface area contributed by atoms with Crippen molar-refractivity contribution in [3.63, 3.8) is 0 Å². The fourth-order valence-electron chi connectivity index (χ4n) is 2.94. The van der Waals surface area contributed by atoms with Crippen LogP contribution in [0.2, 0.25) is 5.02 Å². The lowest BCUT2D eigenvalue weighted by atomic mass is 10.1. The van der Waals surface area contributed by atoms with E-state index in [1.165, 1.54) is 24.3 Å². The largest absolute Gasteiger partial charge is 0.326 e. The molecule has 3 aromatic carbocycles. The van der Waals surface area contributed by atoms with Crippen LogP contribution in [0.1, 0.15) is 21.5 Å². The molecule has 0 aliphatic rings. The molecule has 2 amide bonds. The van der Waals surface area contributed by atoms with E-state index in [-0.39, 0.29) is 27.8 Å². The van der Waals surface area contributed by atoms with E-state index in [1.54, 1.807) is 18.2 Å². The van der Waals surface area contributed by atoms with Gasteiger partial charge < -0.3 is 10.6 Å². The van der Waals surface area contributed by atoms with Gasteiger partial charge in [0.25, 0.3) is 5.91 Å². The SMILES string of the molecule is Cc1ccccc1CC(=O)Nc1ccc(NC(=O)c2cccc(S(C)(=O)=O)c2)c(Cl)c1. The first-order valence-corrected chi connectivity index (χ1v) is 11.7. The Morgan fingerprint density at radius 3 is 2.35 bits per heavy atom. The highest BCUT2D eigenvalue weighted by atomic mass is 35.5. The zero-order chi connectivity index (χ0) is 22.6. The molecule has 3 aromatic rings. The van der Waals surface area contributed by atoms with Crippen LogP contribution >= 0.6 is 11.6 Å². The summed E-state index contributed by atoms with van der Waals surface area (Å²) in [5.74, 6) is -0.677. The van der Waals surface area contributed by atoms with Crippen LogP contribution in [0.3, 0.4) is 0 Å². The summed E-state index contributed by atoms with van der Waals surface area (Å²) in [6.45, 7) is 1.95. The second-order valence-electron chi connectivity index (χ2n) is 7.10. The quantitative estimate of drug-likeness (QED) is 0.571. The number of rotatable bonds is 6. The maximum absolute atomic E-state index is 12.5. The summed E-state index contributed by atoms with van der Waals surface area (Å²) in [5.41, 5.74) is 3.00. The third-order valence-corrected chi connectivity index (χ3v) is 6.06. The Balaban J connectivity index is 1.69. The third-order valence-electron chi connectivity index (χ3n) is 4.64. The van der Waals surface area contributed by atoms with Crippen molar-refractivity contribution in [2.75, 3.05) is 16.9 Å². The van der Waals surface area contributed by atoms with Gasteiger partial charge in [0.15, 0.2) is 9.84 Å². The van der Waals surface area contributed by atoms with Crippen LogP contribution in [0.15, 0.2) is 71.6 Å². The average molecular weight is 457 g/mol. The highest BCUT2D eigenvalue weighted by Crippen LogP contribution is 2.26. The van der Waals surface area contributed by atoms with E-state index in [9.17, 15) is 18.0 Å². The fourth-order valence-corrected chi connectivity index (χ4v) is 3.84. The normalized spacial score (nSPS) is 11.1. The van der Waals surface area contributed by atoms with E-state index in [4.69, 9.17) is 11.6 Å². The lowest BCUT2D eigenvalue weighted by Crippen LogP contribution is -2.15. The minimum atomic E-state index is -3.43. The lowest BCUT2D eigenvalue weighted by molar-refractivity contribution is -0.115. The number of anilines is 2. The fraction of sp³-hybridized carbons (Fsp3) is 0.130. The van der Waals surface area contributed by atoms with Crippen molar-refractivity contribution >= 4 is 44.6 Å². The van der Waals surface area contributed by atoms with Gasteiger partial charge in [0.05, 0.1) is 22.0 Å². The number of carbonyl (C=O) groups is 2. The van der Waals surface area contributed by atoms with E-state index in [1.807, 2.05) is 31.2 Å². The number of halogens is 1. The van der Waals surface area contributed by atoms with Crippen LogP contribution in [-0.4, -0.2) is 26.5 Å². The van der Waals surface area contributed by atoms with Gasteiger partial charge in [0.2, 0.25) is 5.91 Å². The number of hydrogen-bond donors (Lipinski definition) is 2. The molecule has 0 fully saturated rings. The molecule has 0 aliphatic heterocycles. The van der Waals surface area contributed by atoms with Gasteiger partial charge >= 0.3 is 0 Å². The van der Waals surface area contributed by atoms with E-state index >= 15 is 0 Å². The molecule has 8 heteroatoms. The highest BCUT2D eigenvalue weighted by Gasteiger charge is 2.14. The molecule has 0 saturated heterocycles. The van der Waals surface area contributed by atoms with Crippen LogP contribution in [-0.2, 0) is 21.1 Å². The van der Waals surface area contributed by atoms with Crippen LogP contribution in [0.25, 0.3) is 0 Å². The first-order valence-electron chi connectivity index (χ1n) is 9.39. The molecule has 0 heterocycles. The lowest BCUT2D eigenvalue weighted by Gasteiger charge is -2.11. The van der Waals surface area contributed by atoms with Crippen molar-refractivity contribution in [1.82, 2.24) is 0 Å². The zero-order valence-corrected chi connectivity index (χ0v) is 18.5. The van der Waals surface area contributed by atoms with E-state index < -0.39 is 15.7 Å². The van der Waals surface area contributed by atoms with E-state index in [2.05, 4.69) is 10.6 Å². The van der Waals surface area contributed by atoms with Crippen molar-refractivity contribution in [3.05, 3.63) is 88.4 Å². The number of nitrogens with one attached hydrogen (secondary N) is 2. The summed E-state index contributed by atoms with van der Waals surface area (Å²) < 4.78 is 23.4. The van der Waals surface area contributed by atoms with Crippen LogP contribution < -0.4 is 10.6 Å². The smallest absolute Gasteiger partial charge is 0.255 e. The number of amides is 2. The predicted octanol–water partition coefficient (Wildman–Crippen LogP) is 4.49. The molecule has 31 heavy (non-hydrogen) atoms. The second-order valence-corrected chi connectivity index (χ2v) is 9.52. The van der Waals surface area contributed by atoms with Crippen molar-refractivity contribution in [3.8, 4) is 0 Å². The van der Waals surface area contributed by atoms with Crippen LogP contribution in [0.5, 0.6) is 0 Å². The molecule has 0 aliphatic carbocycles. The van der Waals surface area contributed by atoms with Gasteiger partial charge in [-0.1, -0.05) is 41.9 Å². The first-order chi connectivity index (χ1) is 14.6. The Hall–Kier alpha value is -3.16. The zero-order valence-electron chi connectivity index (χ0n) is 17.0. The Bertz CT molecular complexity index is 1260. The van der Waals surface area contributed by atoms with Gasteiger partial charge in [-0.05, 0) is 54.4 Å². The van der Waals surface area contributed by atoms with E-state index in [0.717, 1.165) is 17.4 Å². The molecular formula is C23H21ClN2O4S. The number of carbonyl (C=O) groups excluding carboxylic acids is 2. The number of hydrogen-bond acceptors (Lipinski definition) is 4. The minimum absolute atomic E-state index is 0.0537. The highest BCUT2D eigenvalue weighted by molar-refractivity contribution is 7.90. The molecule has 0 radical (unpaired) electrons. The van der Waals surface area contributed by atoms with Gasteiger partial charge in [0, 0.05) is 17.5 Å². The molecule has 0 bridgehead atoms. The van der Waals surface area contributed by atoms with Gasteiger partial charge in [0.1, 0.15) is 0 Å². The Morgan fingerprint density at radius 2 is 1.68 bits per heavy atom. The monoisotopic (exact) mass is 456 g/mol. The summed E-state index contributed by atoms with van der Waals surface area (Å²) in [6, 6.07) is 18.1. The maximum Gasteiger partial charge on any atom is 0.255 e. The molecular weight excluding hydrogens is 436 g/mol. The van der Waals surface area contributed by atoms with Gasteiger partial charge in [-0.3, -0.25) is 9.59 Å². The third kappa shape index (κ3) is 5.93. The summed E-state index contributed by atoms with van der Waals surface area (Å²) in [6.07, 6.45) is 1.31. The number of benzene rings is 3. The molecule has 0 aromatic heterocycles. The Morgan fingerprint density at radius 1 is 0.935 bits per heavy atom. The molecule has 0 unspecified atom stereocenters. The summed E-state index contributed by atoms with van der Waals surface area (Å²) in [7, 11) is -3.43. The Labute approximate surface area is 186 Å². The molecule has 2 N–H and O–H groups in total. The van der Waals surface area contributed by atoms with Crippen molar-refractivity contribution < 1.29 is 18.0 Å². The standard InChI is InChI=1S/C23H21ClN2O4S/c1-15-6-3-4-7-16(15)13-22(27)25-18-10-11-21(20(24)14-18)26-23(28)17-8-5-9-19(12-17)31(2,29)30/h3-12,14H,13H2,1-2H3,(H,25,27)(H,26,28). The van der Waals surface area contributed by atoms with Gasteiger partial charge in [-0.2, -0.15) is 0 Å². The first kappa shape index (κ1) is 22.5. The molecule has 160 valence electrons. The number of sulfone groups is 1.